The number of methoxy groups -OCH3 is 1. The maximum Gasteiger partial charge on any atom is 0.223 e. The van der Waals surface area contributed by atoms with Crippen LogP contribution < -0.4 is 16.2 Å². The fourth-order valence-corrected chi connectivity index (χ4v) is 2.93. The lowest BCUT2D eigenvalue weighted by Gasteiger charge is -2.14. The molecular weight excluding hydrogens is 368 g/mol. The number of nitrogen functional groups attached to an aromatic ring is 2. The molecule has 0 amide bonds. The van der Waals surface area contributed by atoms with Crippen LogP contribution in [0.2, 0.25) is 0 Å². The third-order valence-corrected chi connectivity index (χ3v) is 4.25. The van der Waals surface area contributed by atoms with Crippen LogP contribution in [0, 0.1) is 6.92 Å². The van der Waals surface area contributed by atoms with Crippen molar-refractivity contribution in [1.29, 1.82) is 0 Å². The molecule has 0 radical (unpaired) electrons. The van der Waals surface area contributed by atoms with Gasteiger partial charge in [0.1, 0.15) is 11.6 Å². The Morgan fingerprint density at radius 2 is 1.76 bits per heavy atom. The van der Waals surface area contributed by atoms with Gasteiger partial charge in [0.2, 0.25) is 11.8 Å². The summed E-state index contributed by atoms with van der Waals surface area (Å²) in [4.78, 5) is 25.7. The number of nitrogens with two attached hydrogens (primary N) is 2. The summed E-state index contributed by atoms with van der Waals surface area (Å²) in [7, 11) is 1.57. The largest absolute Gasteiger partial charge is 0.481 e. The van der Waals surface area contributed by atoms with Crippen LogP contribution in [0.1, 0.15) is 5.82 Å². The average molecular weight is 386 g/mol. The highest BCUT2D eigenvalue weighted by Crippen LogP contribution is 2.36. The standard InChI is InChI=1S/C20H18N8O/c1-11-25-19(28-20(22)26-11)15-8-14(12-5-6-16(29-2)24-10-12)17(27-18(15)21)13-4-3-7-23-9-13/h3-10H,1-2H3,(H2,21,27)(H2,22,25,26,28). The Morgan fingerprint density at radius 3 is 2.41 bits per heavy atom. The van der Waals surface area contributed by atoms with Gasteiger partial charge in [-0.3, -0.25) is 4.98 Å². The van der Waals surface area contributed by atoms with Crippen molar-refractivity contribution in [2.75, 3.05) is 18.6 Å². The first-order valence-electron chi connectivity index (χ1n) is 8.75. The first-order chi connectivity index (χ1) is 14.0. The Bertz CT molecular complexity index is 1140. The van der Waals surface area contributed by atoms with E-state index in [1.165, 1.54) is 0 Å². The quantitative estimate of drug-likeness (QED) is 0.541. The number of nitrogens with zero attached hydrogens (tertiary/aromatic N) is 6. The molecule has 4 rings (SSSR count). The Balaban J connectivity index is 1.96. The minimum atomic E-state index is 0.121. The molecule has 0 fully saturated rings. The van der Waals surface area contributed by atoms with Gasteiger partial charge in [-0.1, -0.05) is 0 Å². The van der Waals surface area contributed by atoms with E-state index in [4.69, 9.17) is 16.2 Å². The van der Waals surface area contributed by atoms with Crippen molar-refractivity contribution >= 4 is 11.8 Å². The Labute approximate surface area is 166 Å². The number of aryl methyl sites for hydroxylation is 1. The van der Waals surface area contributed by atoms with E-state index in [0.29, 0.717) is 28.8 Å². The highest BCUT2D eigenvalue weighted by molar-refractivity contribution is 5.86. The van der Waals surface area contributed by atoms with Gasteiger partial charge in [0.25, 0.3) is 0 Å². The molecule has 0 spiro atoms. The predicted molar refractivity (Wildman–Crippen MR) is 110 cm³/mol. The van der Waals surface area contributed by atoms with E-state index in [2.05, 4.69) is 29.9 Å². The second-order valence-electron chi connectivity index (χ2n) is 6.21. The van der Waals surface area contributed by atoms with Crippen LogP contribution in [0.4, 0.5) is 11.8 Å². The number of pyridine rings is 3. The summed E-state index contributed by atoms with van der Waals surface area (Å²) >= 11 is 0. The lowest BCUT2D eigenvalue weighted by atomic mass is 9.99. The van der Waals surface area contributed by atoms with Crippen molar-refractivity contribution in [3.63, 3.8) is 0 Å². The van der Waals surface area contributed by atoms with E-state index in [0.717, 1.165) is 16.7 Å². The van der Waals surface area contributed by atoms with Crippen LogP contribution in [0.25, 0.3) is 33.8 Å². The highest BCUT2D eigenvalue weighted by Gasteiger charge is 2.17. The molecule has 9 nitrogen and oxygen atoms in total. The first kappa shape index (κ1) is 18.2. The molecule has 4 N–H and O–H groups in total. The summed E-state index contributed by atoms with van der Waals surface area (Å²) in [5, 5.41) is 0. The van der Waals surface area contributed by atoms with Gasteiger partial charge in [0.15, 0.2) is 5.82 Å². The number of anilines is 2. The SMILES string of the molecule is COc1ccc(-c2cc(-c3nc(C)nc(N)n3)c(N)nc2-c2cccnc2)cn1. The second kappa shape index (κ2) is 7.47. The molecule has 0 aliphatic rings. The van der Waals surface area contributed by atoms with E-state index < -0.39 is 0 Å². The Kier molecular flexibility index (Phi) is 4.70. The fourth-order valence-electron chi connectivity index (χ4n) is 2.93. The smallest absolute Gasteiger partial charge is 0.223 e. The molecule has 0 bridgehead atoms. The molecule has 0 unspecified atom stereocenters. The van der Waals surface area contributed by atoms with E-state index in [1.54, 1.807) is 38.7 Å². The van der Waals surface area contributed by atoms with Gasteiger partial charge in [-0.05, 0) is 31.2 Å². The summed E-state index contributed by atoms with van der Waals surface area (Å²) < 4.78 is 5.16. The third kappa shape index (κ3) is 3.65. The number of rotatable bonds is 4. The average Bonchev–Trinajstić information content (AvgIpc) is 2.73. The molecule has 0 saturated carbocycles. The van der Waals surface area contributed by atoms with Crippen LogP contribution >= 0.6 is 0 Å². The number of ether oxygens (including phenoxy) is 1. The molecule has 9 heteroatoms. The van der Waals surface area contributed by atoms with Crippen molar-refractivity contribution in [1.82, 2.24) is 29.9 Å². The van der Waals surface area contributed by atoms with Gasteiger partial charge in [-0.2, -0.15) is 9.97 Å². The van der Waals surface area contributed by atoms with Crippen LogP contribution in [0.15, 0.2) is 48.9 Å². The molecule has 0 aliphatic heterocycles. The third-order valence-electron chi connectivity index (χ3n) is 4.25. The zero-order valence-corrected chi connectivity index (χ0v) is 15.9. The van der Waals surface area contributed by atoms with Gasteiger partial charge < -0.3 is 16.2 Å². The maximum atomic E-state index is 6.28. The van der Waals surface area contributed by atoms with Crippen LogP contribution in [0.5, 0.6) is 5.88 Å². The Hall–Kier alpha value is -4.14. The summed E-state index contributed by atoms with van der Waals surface area (Å²) in [6, 6.07) is 9.31. The zero-order chi connectivity index (χ0) is 20.4. The summed E-state index contributed by atoms with van der Waals surface area (Å²) in [5.41, 5.74) is 15.7. The topological polar surface area (TPSA) is 139 Å². The molecule has 0 atom stereocenters. The molecule has 0 aliphatic carbocycles. The van der Waals surface area contributed by atoms with Crippen LogP contribution in [-0.2, 0) is 0 Å². The molecule has 0 saturated heterocycles. The molecule has 4 aromatic heterocycles. The number of aromatic nitrogens is 6. The van der Waals surface area contributed by atoms with Crippen molar-refractivity contribution in [3.05, 3.63) is 54.7 Å². The van der Waals surface area contributed by atoms with Crippen molar-refractivity contribution < 1.29 is 4.74 Å². The van der Waals surface area contributed by atoms with E-state index in [9.17, 15) is 0 Å². The first-order valence-corrected chi connectivity index (χ1v) is 8.75. The number of hydrogen-bond donors (Lipinski definition) is 2. The molecular formula is C20H18N8O. The minimum absolute atomic E-state index is 0.121. The van der Waals surface area contributed by atoms with Crippen molar-refractivity contribution in [2.24, 2.45) is 0 Å². The fraction of sp³-hybridized carbons (Fsp3) is 0.100. The van der Waals surface area contributed by atoms with Crippen LogP contribution in [0.3, 0.4) is 0 Å². The predicted octanol–water partition coefficient (Wildman–Crippen LogP) is 2.54. The van der Waals surface area contributed by atoms with Gasteiger partial charge in [0, 0.05) is 41.3 Å². The molecule has 4 heterocycles. The lowest BCUT2D eigenvalue weighted by Crippen LogP contribution is -2.05. The number of hydrogen-bond acceptors (Lipinski definition) is 9. The van der Waals surface area contributed by atoms with E-state index >= 15 is 0 Å². The van der Waals surface area contributed by atoms with Gasteiger partial charge >= 0.3 is 0 Å². The van der Waals surface area contributed by atoms with E-state index in [-0.39, 0.29) is 11.8 Å². The van der Waals surface area contributed by atoms with Crippen molar-refractivity contribution in [3.8, 4) is 39.7 Å². The monoisotopic (exact) mass is 386 g/mol. The second-order valence-corrected chi connectivity index (χ2v) is 6.21. The highest BCUT2D eigenvalue weighted by atomic mass is 16.5. The van der Waals surface area contributed by atoms with Crippen molar-refractivity contribution in [2.45, 2.75) is 6.92 Å². The normalized spacial score (nSPS) is 10.7. The lowest BCUT2D eigenvalue weighted by molar-refractivity contribution is 0.398. The molecule has 0 aromatic carbocycles. The van der Waals surface area contributed by atoms with Gasteiger partial charge in [-0.15, -0.1) is 0 Å². The molecule has 144 valence electrons. The molecule has 4 aromatic rings. The minimum Gasteiger partial charge on any atom is -0.481 e. The van der Waals surface area contributed by atoms with Gasteiger partial charge in [-0.25, -0.2) is 15.0 Å². The van der Waals surface area contributed by atoms with Crippen LogP contribution in [-0.4, -0.2) is 37.0 Å². The van der Waals surface area contributed by atoms with Gasteiger partial charge in [0.05, 0.1) is 18.4 Å². The summed E-state index contributed by atoms with van der Waals surface area (Å²) in [6.45, 7) is 1.74. The summed E-state index contributed by atoms with van der Waals surface area (Å²) in [5.74, 6) is 1.77. The van der Waals surface area contributed by atoms with E-state index in [1.807, 2.05) is 24.3 Å². The molecule has 29 heavy (non-hydrogen) atoms. The zero-order valence-electron chi connectivity index (χ0n) is 15.9. The summed E-state index contributed by atoms with van der Waals surface area (Å²) in [6.07, 6.45) is 5.14. The Morgan fingerprint density at radius 1 is 0.897 bits per heavy atom. The maximum absolute atomic E-state index is 6.28.